The average molecular weight is 200 g/mol. The molecule has 0 unspecified atom stereocenters. The molecule has 2 nitrogen and oxygen atoms in total. The summed E-state index contributed by atoms with van der Waals surface area (Å²) in [5.74, 6) is 0. The van der Waals surface area contributed by atoms with Crippen LogP contribution in [0.2, 0.25) is 0 Å². The first-order valence-corrected chi connectivity index (χ1v) is 3.26. The van der Waals surface area contributed by atoms with Gasteiger partial charge in [0.15, 0.2) is 5.69 Å². The average Bonchev–Trinajstić information content (AvgIpc) is 2.29. The number of halogens is 4. The van der Waals surface area contributed by atoms with Gasteiger partial charge in [0.1, 0.15) is 6.67 Å². The van der Waals surface area contributed by atoms with E-state index in [9.17, 15) is 17.6 Å². The summed E-state index contributed by atoms with van der Waals surface area (Å²) >= 11 is 3.50. The van der Waals surface area contributed by atoms with Crippen LogP contribution in [0.4, 0.5) is 17.6 Å². The van der Waals surface area contributed by atoms with Crippen LogP contribution in [-0.2, 0) is 12.9 Å². The first kappa shape index (κ1) is 9.37. The molecule has 7 heteroatoms. The van der Waals surface area contributed by atoms with Gasteiger partial charge in [-0.2, -0.15) is 18.3 Å². The van der Waals surface area contributed by atoms with Crippen LogP contribution in [0.25, 0.3) is 0 Å². The van der Waals surface area contributed by atoms with Crippen LogP contribution in [0.3, 0.4) is 0 Å². The second-order valence-corrected chi connectivity index (χ2v) is 2.42. The van der Waals surface area contributed by atoms with Gasteiger partial charge in [-0.25, -0.2) is 8.48 Å². The van der Waals surface area contributed by atoms with Crippen LogP contribution in [0, 0.1) is 0 Å². The molecule has 0 fully saturated rings. The van der Waals surface area contributed by atoms with E-state index in [-0.39, 0.29) is 5.69 Å². The molecule has 0 saturated carbocycles. The van der Waals surface area contributed by atoms with E-state index in [1.54, 1.807) is 0 Å². The van der Waals surface area contributed by atoms with Crippen molar-refractivity contribution in [2.24, 2.45) is 0 Å². The van der Waals surface area contributed by atoms with E-state index in [0.29, 0.717) is 10.2 Å². The lowest BCUT2D eigenvalue weighted by atomic mass is 10.4. The fourth-order valence-corrected chi connectivity index (χ4v) is 0.849. The van der Waals surface area contributed by atoms with Gasteiger partial charge in [-0.1, -0.05) is 0 Å². The zero-order valence-electron chi connectivity index (χ0n) is 5.64. The van der Waals surface area contributed by atoms with Gasteiger partial charge in [0.2, 0.25) is 0 Å². The topological polar surface area (TPSA) is 17.8 Å². The number of hydrogen-bond acceptors (Lipinski definition) is 2. The van der Waals surface area contributed by atoms with Crippen LogP contribution in [-0.4, -0.2) is 9.19 Å². The molecule has 0 aliphatic heterocycles. The van der Waals surface area contributed by atoms with E-state index in [1.165, 1.54) is 0 Å². The molecule has 0 aromatic carbocycles. The van der Waals surface area contributed by atoms with Gasteiger partial charge in [0, 0.05) is 0 Å². The highest BCUT2D eigenvalue weighted by molar-refractivity contribution is 7.78. The number of nitrogens with zero attached hydrogens (tertiary/aromatic N) is 2. The lowest BCUT2D eigenvalue weighted by Gasteiger charge is -1.98. The van der Waals surface area contributed by atoms with Crippen molar-refractivity contribution in [3.05, 3.63) is 17.5 Å². The van der Waals surface area contributed by atoms with Gasteiger partial charge >= 0.3 is 6.18 Å². The van der Waals surface area contributed by atoms with E-state index < -0.39 is 18.5 Å². The van der Waals surface area contributed by atoms with E-state index in [2.05, 4.69) is 17.9 Å². The largest absolute Gasteiger partial charge is 0.435 e. The zero-order chi connectivity index (χ0) is 9.35. The third kappa shape index (κ3) is 1.71. The summed E-state index contributed by atoms with van der Waals surface area (Å²) in [4.78, 5) is 0. The summed E-state index contributed by atoms with van der Waals surface area (Å²) in [5, 5.41) is 2.97. The molecule has 0 aliphatic carbocycles. The maximum atomic E-state index is 11.9. The van der Waals surface area contributed by atoms with Gasteiger partial charge in [-0.05, 0) is 18.9 Å². The third-order valence-electron chi connectivity index (χ3n) is 1.19. The number of aromatic nitrogens is 2. The molecule has 1 aromatic heterocycles. The molecule has 0 N–H and O–H groups in total. The molecule has 0 bridgehead atoms. The highest BCUT2D eigenvalue weighted by Crippen LogP contribution is 2.28. The van der Waals surface area contributed by atoms with Gasteiger partial charge < -0.3 is 0 Å². The molecule has 0 amide bonds. The maximum absolute atomic E-state index is 11.9. The SMILES string of the molecule is FCc1cc(C(F)(F)F)nn1S. The second kappa shape index (κ2) is 2.96. The Bertz CT molecular complexity index is 279. The molecule has 68 valence electrons. The molecule has 0 aliphatic rings. The van der Waals surface area contributed by atoms with Crippen molar-refractivity contribution >= 4 is 12.8 Å². The maximum Gasteiger partial charge on any atom is 0.435 e. The molecule has 0 radical (unpaired) electrons. The van der Waals surface area contributed by atoms with E-state index in [1.807, 2.05) is 0 Å². The summed E-state index contributed by atoms with van der Waals surface area (Å²) < 4.78 is 48.1. The molecule has 12 heavy (non-hydrogen) atoms. The Morgan fingerprint density at radius 1 is 1.50 bits per heavy atom. The van der Waals surface area contributed by atoms with Crippen LogP contribution in [0.1, 0.15) is 11.4 Å². The van der Waals surface area contributed by atoms with Crippen LogP contribution in [0.5, 0.6) is 0 Å². The normalized spacial score (nSPS) is 12.1. The Hall–Kier alpha value is -0.720. The molecular formula is C5H4F4N2S. The summed E-state index contributed by atoms with van der Waals surface area (Å²) in [6.45, 7) is -1.02. The van der Waals surface area contributed by atoms with Crippen molar-refractivity contribution in [3.63, 3.8) is 0 Å². The monoisotopic (exact) mass is 200 g/mol. The Kier molecular flexibility index (Phi) is 2.31. The van der Waals surface area contributed by atoms with Gasteiger partial charge in [-0.15, -0.1) is 0 Å². The van der Waals surface area contributed by atoms with Crippen molar-refractivity contribution in [2.75, 3.05) is 0 Å². The summed E-state index contributed by atoms with van der Waals surface area (Å²) in [7, 11) is 0. The van der Waals surface area contributed by atoms with E-state index >= 15 is 0 Å². The first-order chi connectivity index (χ1) is 5.45. The van der Waals surface area contributed by atoms with Crippen molar-refractivity contribution < 1.29 is 17.6 Å². The third-order valence-corrected chi connectivity index (χ3v) is 1.54. The van der Waals surface area contributed by atoms with Crippen LogP contribution in [0.15, 0.2) is 6.07 Å². The minimum absolute atomic E-state index is 0.217. The molecule has 1 aromatic rings. The molecule has 0 spiro atoms. The summed E-state index contributed by atoms with van der Waals surface area (Å²) in [5.41, 5.74) is -1.35. The quantitative estimate of drug-likeness (QED) is 0.542. The highest BCUT2D eigenvalue weighted by Gasteiger charge is 2.34. The minimum Gasteiger partial charge on any atom is -0.244 e. The lowest BCUT2D eigenvalue weighted by Crippen LogP contribution is -2.05. The van der Waals surface area contributed by atoms with Crippen molar-refractivity contribution in [1.82, 2.24) is 9.19 Å². The highest BCUT2D eigenvalue weighted by atomic mass is 32.1. The predicted octanol–water partition coefficient (Wildman–Crippen LogP) is 2.06. The fraction of sp³-hybridized carbons (Fsp3) is 0.400. The first-order valence-electron chi connectivity index (χ1n) is 2.86. The molecule has 1 heterocycles. The lowest BCUT2D eigenvalue weighted by molar-refractivity contribution is -0.141. The standard InChI is InChI=1S/C5H4F4N2S/c6-2-3-1-4(5(7,8)9)10-11(3)12/h1,12H,2H2. The fourth-order valence-electron chi connectivity index (χ4n) is 0.641. The van der Waals surface area contributed by atoms with Crippen LogP contribution >= 0.6 is 12.8 Å². The predicted molar refractivity (Wildman–Crippen MR) is 36.4 cm³/mol. The molecule has 0 saturated heterocycles. The Labute approximate surface area is 70.7 Å². The summed E-state index contributed by atoms with van der Waals surface area (Å²) in [6, 6.07) is 0.618. The number of alkyl halides is 4. The smallest absolute Gasteiger partial charge is 0.244 e. The zero-order valence-corrected chi connectivity index (χ0v) is 6.53. The van der Waals surface area contributed by atoms with E-state index in [0.717, 1.165) is 0 Å². The van der Waals surface area contributed by atoms with Gasteiger partial charge in [0.05, 0.1) is 5.69 Å². The van der Waals surface area contributed by atoms with E-state index in [4.69, 9.17) is 0 Å². The van der Waals surface area contributed by atoms with Gasteiger partial charge in [0.25, 0.3) is 0 Å². The molecule has 1 rings (SSSR count). The second-order valence-electron chi connectivity index (χ2n) is 2.04. The van der Waals surface area contributed by atoms with Crippen molar-refractivity contribution in [2.45, 2.75) is 12.9 Å². The van der Waals surface area contributed by atoms with Crippen LogP contribution < -0.4 is 0 Å². The van der Waals surface area contributed by atoms with Crippen molar-refractivity contribution in [3.8, 4) is 0 Å². The summed E-state index contributed by atoms with van der Waals surface area (Å²) in [6.07, 6.45) is -4.54. The number of rotatable bonds is 1. The molecular weight excluding hydrogens is 196 g/mol. The van der Waals surface area contributed by atoms with Gasteiger partial charge in [-0.3, -0.25) is 0 Å². The number of thiol groups is 1. The Morgan fingerprint density at radius 2 is 2.08 bits per heavy atom. The minimum atomic E-state index is -4.54. The molecule has 0 atom stereocenters. The van der Waals surface area contributed by atoms with Crippen molar-refractivity contribution in [1.29, 1.82) is 0 Å². The Balaban J connectivity index is 3.05. The Morgan fingerprint density at radius 3 is 2.33 bits per heavy atom. The number of hydrogen-bond donors (Lipinski definition) is 1.